The summed E-state index contributed by atoms with van der Waals surface area (Å²) in [6, 6.07) is -0.388. The first-order valence-corrected chi connectivity index (χ1v) is 3.84. The molecule has 1 heterocycles. The van der Waals surface area contributed by atoms with Crippen LogP contribution in [-0.4, -0.2) is 29.7 Å². The fraction of sp³-hybridized carbons (Fsp3) is 0.833. The van der Waals surface area contributed by atoms with Crippen molar-refractivity contribution >= 4 is 5.97 Å². The molecule has 1 aliphatic heterocycles. The van der Waals surface area contributed by atoms with Gasteiger partial charge >= 0.3 is 5.97 Å². The average molecular weight is 171 g/mol. The lowest BCUT2D eigenvalue weighted by atomic mass is 10.0. The van der Waals surface area contributed by atoms with Gasteiger partial charge in [-0.25, -0.2) is 4.79 Å². The van der Waals surface area contributed by atoms with E-state index in [2.05, 4.69) is 10.0 Å². The number of carboxylic acid groups (broad SMARTS) is 1. The van der Waals surface area contributed by atoms with Crippen LogP contribution in [0.4, 0.5) is 0 Å². The molecule has 0 radical (unpaired) electrons. The van der Waals surface area contributed by atoms with Crippen molar-refractivity contribution in [1.29, 1.82) is 0 Å². The minimum atomic E-state index is -0.783. The van der Waals surface area contributed by atoms with Gasteiger partial charge in [-0.05, 0) is 12.0 Å². The largest absolute Gasteiger partial charge is 0.477 e. The molecule has 0 aliphatic carbocycles. The molecular formula is C6H11N4O2+. The number of carbonyl (C=O) groups is 1. The molecule has 3 N–H and O–H groups in total. The highest BCUT2D eigenvalue weighted by Gasteiger charge is 2.28. The van der Waals surface area contributed by atoms with E-state index >= 15 is 0 Å². The highest BCUT2D eigenvalue weighted by molar-refractivity contribution is 5.71. The predicted molar refractivity (Wildman–Crippen MR) is 40.4 cm³/mol. The molecule has 66 valence electrons. The van der Waals surface area contributed by atoms with Crippen molar-refractivity contribution < 1.29 is 15.2 Å². The molecule has 1 saturated heterocycles. The zero-order chi connectivity index (χ0) is 8.97. The van der Waals surface area contributed by atoms with Gasteiger partial charge in [-0.2, -0.15) is 0 Å². The van der Waals surface area contributed by atoms with E-state index < -0.39 is 5.97 Å². The van der Waals surface area contributed by atoms with Crippen LogP contribution >= 0.6 is 0 Å². The van der Waals surface area contributed by atoms with Gasteiger partial charge in [0.1, 0.15) is 0 Å². The van der Waals surface area contributed by atoms with E-state index in [9.17, 15) is 4.79 Å². The summed E-state index contributed by atoms with van der Waals surface area (Å²) in [7, 11) is 0. The van der Waals surface area contributed by atoms with Crippen LogP contribution in [-0.2, 0) is 4.79 Å². The number of hydrogen-bond acceptors (Lipinski definition) is 2. The van der Waals surface area contributed by atoms with Crippen LogP contribution in [0.2, 0.25) is 0 Å². The number of piperidine rings is 1. The predicted octanol–water partition coefficient (Wildman–Crippen LogP) is -0.524. The lowest BCUT2D eigenvalue weighted by Gasteiger charge is -2.20. The highest BCUT2D eigenvalue weighted by Crippen LogP contribution is 2.06. The van der Waals surface area contributed by atoms with Crippen molar-refractivity contribution in [2.45, 2.75) is 24.9 Å². The van der Waals surface area contributed by atoms with Crippen molar-refractivity contribution in [3.8, 4) is 0 Å². The Morgan fingerprint density at radius 1 is 1.67 bits per heavy atom. The number of aliphatic carboxylic acids is 1. The van der Waals surface area contributed by atoms with Gasteiger partial charge in [-0.1, -0.05) is 5.11 Å². The maximum Gasteiger partial charge on any atom is 0.362 e. The van der Waals surface area contributed by atoms with Crippen LogP contribution in [0.15, 0.2) is 5.11 Å². The molecule has 0 amide bonds. The van der Waals surface area contributed by atoms with Crippen molar-refractivity contribution in [1.82, 2.24) is 0 Å². The Labute approximate surface area is 69.2 Å². The molecular weight excluding hydrogens is 160 g/mol. The van der Waals surface area contributed by atoms with Crippen molar-refractivity contribution in [2.75, 3.05) is 6.54 Å². The SMILES string of the molecule is [N-]=[N+]=N[C@H]1CC[C@@H](C(=O)O)[NH2+]C1. The van der Waals surface area contributed by atoms with Gasteiger partial charge in [-0.15, -0.1) is 0 Å². The van der Waals surface area contributed by atoms with Crippen LogP contribution < -0.4 is 5.32 Å². The minimum absolute atomic E-state index is 0.0365. The van der Waals surface area contributed by atoms with Gasteiger partial charge in [0.2, 0.25) is 0 Å². The van der Waals surface area contributed by atoms with Gasteiger partial charge in [0.25, 0.3) is 0 Å². The number of nitrogens with two attached hydrogens (primary N) is 1. The molecule has 0 aromatic rings. The summed E-state index contributed by atoms with van der Waals surface area (Å²) in [4.78, 5) is 13.2. The van der Waals surface area contributed by atoms with Crippen molar-refractivity contribution in [3.63, 3.8) is 0 Å². The quantitative estimate of drug-likeness (QED) is 0.331. The van der Waals surface area contributed by atoms with Crippen LogP contribution in [0.1, 0.15) is 12.8 Å². The number of hydrogen-bond donors (Lipinski definition) is 2. The number of rotatable bonds is 2. The van der Waals surface area contributed by atoms with Crippen LogP contribution in [0.5, 0.6) is 0 Å². The lowest BCUT2D eigenvalue weighted by Crippen LogP contribution is -2.95. The normalized spacial score (nSPS) is 29.0. The third-order valence-corrected chi connectivity index (χ3v) is 2.04. The molecule has 6 heteroatoms. The molecule has 1 aliphatic rings. The number of nitrogens with zero attached hydrogens (tertiary/aromatic N) is 3. The fourth-order valence-electron chi connectivity index (χ4n) is 1.33. The summed E-state index contributed by atoms with van der Waals surface area (Å²) in [6.07, 6.45) is 1.26. The van der Waals surface area contributed by atoms with E-state index in [1.54, 1.807) is 5.32 Å². The average Bonchev–Trinajstić information content (AvgIpc) is 2.06. The number of azide groups is 1. The second-order valence-electron chi connectivity index (χ2n) is 2.85. The van der Waals surface area contributed by atoms with Gasteiger partial charge in [0, 0.05) is 11.3 Å². The molecule has 0 saturated carbocycles. The van der Waals surface area contributed by atoms with E-state index in [-0.39, 0.29) is 12.1 Å². The Bertz CT molecular complexity index is 206. The summed E-state index contributed by atoms with van der Waals surface area (Å²) >= 11 is 0. The third-order valence-electron chi connectivity index (χ3n) is 2.04. The van der Waals surface area contributed by atoms with Gasteiger partial charge in [0.15, 0.2) is 6.04 Å². The first-order valence-electron chi connectivity index (χ1n) is 3.84. The van der Waals surface area contributed by atoms with Crippen LogP contribution in [0, 0.1) is 0 Å². The molecule has 6 nitrogen and oxygen atoms in total. The van der Waals surface area contributed by atoms with E-state index in [4.69, 9.17) is 10.6 Å². The summed E-state index contributed by atoms with van der Waals surface area (Å²) in [6.45, 7) is 0.584. The first kappa shape index (κ1) is 8.83. The van der Waals surface area contributed by atoms with E-state index in [1.165, 1.54) is 0 Å². The highest BCUT2D eigenvalue weighted by atomic mass is 16.4. The van der Waals surface area contributed by atoms with Gasteiger partial charge in [0.05, 0.1) is 12.6 Å². The van der Waals surface area contributed by atoms with Crippen molar-refractivity contribution in [2.24, 2.45) is 5.11 Å². The Morgan fingerprint density at radius 2 is 2.42 bits per heavy atom. The Kier molecular flexibility index (Phi) is 2.90. The summed E-state index contributed by atoms with van der Waals surface area (Å²) in [5, 5.41) is 13.9. The molecule has 1 fully saturated rings. The molecule has 0 unspecified atom stereocenters. The standard InChI is InChI=1S/C6H10N4O2/c7-10-9-4-1-2-5(6(11)12)8-3-4/h4-5,8H,1-3H2,(H,11,12)/p+1/t4-,5-/m0/s1. The first-order chi connectivity index (χ1) is 5.74. The van der Waals surface area contributed by atoms with Crippen molar-refractivity contribution in [3.05, 3.63) is 10.4 Å². The monoisotopic (exact) mass is 171 g/mol. The maximum absolute atomic E-state index is 10.5. The third kappa shape index (κ3) is 2.11. The minimum Gasteiger partial charge on any atom is -0.477 e. The van der Waals surface area contributed by atoms with Gasteiger partial charge in [-0.3, -0.25) is 0 Å². The molecule has 0 bridgehead atoms. The second-order valence-corrected chi connectivity index (χ2v) is 2.85. The summed E-state index contributed by atoms with van der Waals surface area (Å²) < 4.78 is 0. The topological polar surface area (TPSA) is 103 Å². The molecule has 0 spiro atoms. The molecule has 0 aromatic carbocycles. The number of carboxylic acids is 1. The van der Waals surface area contributed by atoms with E-state index in [1.807, 2.05) is 0 Å². The zero-order valence-corrected chi connectivity index (χ0v) is 6.55. The lowest BCUT2D eigenvalue weighted by molar-refractivity contribution is -0.687. The maximum atomic E-state index is 10.5. The number of quaternary nitrogens is 1. The molecule has 1 rings (SSSR count). The summed E-state index contributed by atoms with van der Waals surface area (Å²) in [5.41, 5.74) is 8.12. The van der Waals surface area contributed by atoms with E-state index in [0.29, 0.717) is 19.4 Å². The molecule has 12 heavy (non-hydrogen) atoms. The molecule has 2 atom stereocenters. The second kappa shape index (κ2) is 3.94. The van der Waals surface area contributed by atoms with Crippen LogP contribution in [0.25, 0.3) is 10.4 Å². The Hall–Kier alpha value is -1.26. The smallest absolute Gasteiger partial charge is 0.362 e. The Balaban J connectivity index is 2.39. The van der Waals surface area contributed by atoms with Gasteiger partial charge < -0.3 is 10.4 Å². The Morgan fingerprint density at radius 3 is 2.83 bits per heavy atom. The van der Waals surface area contributed by atoms with Crippen LogP contribution in [0.3, 0.4) is 0 Å². The zero-order valence-electron chi connectivity index (χ0n) is 6.55. The molecule has 0 aromatic heterocycles. The fourth-order valence-corrected chi connectivity index (χ4v) is 1.33. The van der Waals surface area contributed by atoms with E-state index in [0.717, 1.165) is 0 Å². The summed E-state index contributed by atoms with van der Waals surface area (Å²) in [5.74, 6) is -0.783.